The molecule has 5 heteroatoms. The largest absolute Gasteiger partial charge is 0.367 e. The zero-order valence-electron chi connectivity index (χ0n) is 15.5. The van der Waals surface area contributed by atoms with Crippen LogP contribution in [0.3, 0.4) is 0 Å². The molecule has 4 rings (SSSR count). The van der Waals surface area contributed by atoms with Crippen LogP contribution in [-0.2, 0) is 0 Å². The van der Waals surface area contributed by atoms with Gasteiger partial charge >= 0.3 is 0 Å². The molecule has 27 heavy (non-hydrogen) atoms. The Labute approximate surface area is 159 Å². The van der Waals surface area contributed by atoms with Gasteiger partial charge in [-0.3, -0.25) is 4.79 Å². The molecule has 0 saturated heterocycles. The van der Waals surface area contributed by atoms with E-state index in [1.165, 1.54) is 32.1 Å². The maximum atomic E-state index is 11.6. The van der Waals surface area contributed by atoms with Gasteiger partial charge in [-0.15, -0.1) is 0 Å². The van der Waals surface area contributed by atoms with Gasteiger partial charge in [0.15, 0.2) is 5.78 Å². The predicted molar refractivity (Wildman–Crippen MR) is 110 cm³/mol. The normalized spacial score (nSPS) is 14.9. The molecule has 0 amide bonds. The number of fused-ring (bicyclic) bond motifs is 1. The van der Waals surface area contributed by atoms with Crippen molar-refractivity contribution in [2.75, 3.05) is 10.6 Å². The fraction of sp³-hybridized carbons (Fsp3) is 0.318. The molecule has 0 radical (unpaired) electrons. The van der Waals surface area contributed by atoms with Crippen LogP contribution in [0.2, 0.25) is 0 Å². The number of rotatable bonds is 5. The summed E-state index contributed by atoms with van der Waals surface area (Å²) in [7, 11) is 0. The van der Waals surface area contributed by atoms with Crippen molar-refractivity contribution in [1.29, 1.82) is 0 Å². The molecule has 1 saturated carbocycles. The predicted octanol–water partition coefficient (Wildman–Crippen LogP) is 5.32. The Morgan fingerprint density at radius 3 is 2.63 bits per heavy atom. The van der Waals surface area contributed by atoms with E-state index in [1.807, 2.05) is 42.5 Å². The van der Waals surface area contributed by atoms with Gasteiger partial charge in [0.1, 0.15) is 5.82 Å². The van der Waals surface area contributed by atoms with Crippen molar-refractivity contribution in [3.63, 3.8) is 0 Å². The van der Waals surface area contributed by atoms with Crippen molar-refractivity contribution in [2.45, 2.75) is 45.1 Å². The fourth-order valence-electron chi connectivity index (χ4n) is 3.63. The summed E-state index contributed by atoms with van der Waals surface area (Å²) in [5.74, 6) is 1.45. The molecule has 5 nitrogen and oxygen atoms in total. The summed E-state index contributed by atoms with van der Waals surface area (Å²) in [6.45, 7) is 1.57. The molecule has 0 unspecified atom stereocenters. The molecule has 0 bridgehead atoms. The van der Waals surface area contributed by atoms with E-state index in [0.29, 0.717) is 17.6 Å². The fourth-order valence-corrected chi connectivity index (χ4v) is 3.63. The lowest BCUT2D eigenvalue weighted by atomic mass is 9.95. The minimum absolute atomic E-state index is 0.0396. The summed E-state index contributed by atoms with van der Waals surface area (Å²) in [6, 6.07) is 15.9. The van der Waals surface area contributed by atoms with Gasteiger partial charge in [0.25, 0.3) is 0 Å². The first-order chi connectivity index (χ1) is 13.2. The SMILES string of the molecule is CC(=O)c1cccc(Nc2nc(NC3CCCCC3)c3ccccc3n2)c1. The van der Waals surface area contributed by atoms with E-state index >= 15 is 0 Å². The number of hydrogen-bond donors (Lipinski definition) is 2. The number of anilines is 3. The summed E-state index contributed by atoms with van der Waals surface area (Å²) >= 11 is 0. The molecular weight excluding hydrogens is 336 g/mol. The van der Waals surface area contributed by atoms with Gasteiger partial charge < -0.3 is 10.6 Å². The monoisotopic (exact) mass is 360 g/mol. The van der Waals surface area contributed by atoms with Crippen molar-refractivity contribution in [1.82, 2.24) is 9.97 Å². The lowest BCUT2D eigenvalue weighted by molar-refractivity contribution is 0.101. The number of carbonyl (C=O) groups excluding carboxylic acids is 1. The highest BCUT2D eigenvalue weighted by atomic mass is 16.1. The van der Waals surface area contributed by atoms with Crippen molar-refractivity contribution < 1.29 is 4.79 Å². The van der Waals surface area contributed by atoms with Gasteiger partial charge in [-0.2, -0.15) is 4.98 Å². The van der Waals surface area contributed by atoms with Gasteiger partial charge in [-0.25, -0.2) is 4.98 Å². The third-order valence-corrected chi connectivity index (χ3v) is 5.07. The zero-order valence-corrected chi connectivity index (χ0v) is 15.5. The average molecular weight is 360 g/mol. The lowest BCUT2D eigenvalue weighted by Gasteiger charge is -2.24. The van der Waals surface area contributed by atoms with Crippen LogP contribution in [0.4, 0.5) is 17.5 Å². The van der Waals surface area contributed by atoms with Crippen LogP contribution >= 0.6 is 0 Å². The number of nitrogens with one attached hydrogen (secondary N) is 2. The smallest absolute Gasteiger partial charge is 0.229 e. The number of para-hydroxylation sites is 1. The molecule has 0 atom stereocenters. The molecule has 2 aromatic carbocycles. The molecular formula is C22H24N4O. The van der Waals surface area contributed by atoms with E-state index in [0.717, 1.165) is 22.4 Å². The number of carbonyl (C=O) groups is 1. The van der Waals surface area contributed by atoms with Gasteiger partial charge in [-0.1, -0.05) is 43.5 Å². The number of Topliss-reactive ketones (excluding diaryl/α,β-unsaturated/α-hetero) is 1. The second-order valence-corrected chi connectivity index (χ2v) is 7.15. The van der Waals surface area contributed by atoms with Gasteiger partial charge in [0.2, 0.25) is 5.95 Å². The minimum atomic E-state index is 0.0396. The average Bonchev–Trinajstić information content (AvgIpc) is 2.69. The van der Waals surface area contributed by atoms with Crippen LogP contribution in [0, 0.1) is 0 Å². The Kier molecular flexibility index (Phi) is 5.01. The maximum absolute atomic E-state index is 11.6. The van der Waals surface area contributed by atoms with E-state index < -0.39 is 0 Å². The van der Waals surface area contributed by atoms with Gasteiger partial charge in [0, 0.05) is 22.7 Å². The van der Waals surface area contributed by atoms with Crippen LogP contribution in [0.15, 0.2) is 48.5 Å². The van der Waals surface area contributed by atoms with Crippen LogP contribution in [0.25, 0.3) is 10.9 Å². The molecule has 1 heterocycles. The highest BCUT2D eigenvalue weighted by Gasteiger charge is 2.16. The van der Waals surface area contributed by atoms with E-state index in [1.54, 1.807) is 6.92 Å². The quantitative estimate of drug-likeness (QED) is 0.603. The highest BCUT2D eigenvalue weighted by molar-refractivity contribution is 5.95. The van der Waals surface area contributed by atoms with E-state index in [9.17, 15) is 4.79 Å². The summed E-state index contributed by atoms with van der Waals surface area (Å²) in [6.07, 6.45) is 6.22. The van der Waals surface area contributed by atoms with E-state index in [2.05, 4.69) is 21.7 Å². The topological polar surface area (TPSA) is 66.9 Å². The van der Waals surface area contributed by atoms with Crippen molar-refractivity contribution in [2.24, 2.45) is 0 Å². The van der Waals surface area contributed by atoms with Gasteiger partial charge in [0.05, 0.1) is 5.52 Å². The zero-order chi connectivity index (χ0) is 18.6. The Hall–Kier alpha value is -2.95. The Morgan fingerprint density at radius 1 is 1.00 bits per heavy atom. The summed E-state index contributed by atoms with van der Waals surface area (Å²) < 4.78 is 0. The number of benzene rings is 2. The first kappa shape index (κ1) is 17.5. The number of ketones is 1. The minimum Gasteiger partial charge on any atom is -0.367 e. The molecule has 1 fully saturated rings. The first-order valence-corrected chi connectivity index (χ1v) is 9.60. The lowest BCUT2D eigenvalue weighted by Crippen LogP contribution is -2.23. The molecule has 3 aromatic rings. The molecule has 1 aliphatic carbocycles. The third kappa shape index (κ3) is 4.08. The van der Waals surface area contributed by atoms with Crippen LogP contribution < -0.4 is 10.6 Å². The molecule has 1 aromatic heterocycles. The van der Waals surface area contributed by atoms with Gasteiger partial charge in [-0.05, 0) is 44.0 Å². The summed E-state index contributed by atoms with van der Waals surface area (Å²) in [5, 5.41) is 7.92. The molecule has 0 aliphatic heterocycles. The second kappa shape index (κ2) is 7.74. The molecule has 1 aliphatic rings. The Balaban J connectivity index is 1.66. The summed E-state index contributed by atoms with van der Waals surface area (Å²) in [5.41, 5.74) is 2.37. The molecule has 138 valence electrons. The number of hydrogen-bond acceptors (Lipinski definition) is 5. The Morgan fingerprint density at radius 2 is 1.81 bits per heavy atom. The molecule has 0 spiro atoms. The summed E-state index contributed by atoms with van der Waals surface area (Å²) in [4.78, 5) is 21.0. The number of nitrogens with zero attached hydrogens (tertiary/aromatic N) is 2. The van der Waals surface area contributed by atoms with Crippen LogP contribution in [0.5, 0.6) is 0 Å². The Bertz CT molecular complexity index is 963. The standard InChI is InChI=1S/C22H24N4O/c1-15(27)16-8-7-11-18(14-16)24-22-25-20-13-6-5-12-19(20)21(26-22)23-17-9-3-2-4-10-17/h5-8,11-14,17H,2-4,9-10H2,1H3,(H2,23,24,25,26). The second-order valence-electron chi connectivity index (χ2n) is 7.15. The molecule has 2 N–H and O–H groups in total. The van der Waals surface area contributed by atoms with Crippen LogP contribution in [-0.4, -0.2) is 21.8 Å². The third-order valence-electron chi connectivity index (χ3n) is 5.07. The first-order valence-electron chi connectivity index (χ1n) is 9.60. The van der Waals surface area contributed by atoms with Crippen molar-refractivity contribution in [3.05, 3.63) is 54.1 Å². The van der Waals surface area contributed by atoms with E-state index in [-0.39, 0.29) is 5.78 Å². The van der Waals surface area contributed by atoms with E-state index in [4.69, 9.17) is 4.98 Å². The van der Waals surface area contributed by atoms with Crippen LogP contribution in [0.1, 0.15) is 49.4 Å². The van der Waals surface area contributed by atoms with Crippen molar-refractivity contribution >= 4 is 34.1 Å². The highest BCUT2D eigenvalue weighted by Crippen LogP contribution is 2.27. The van der Waals surface area contributed by atoms with Crippen molar-refractivity contribution in [3.8, 4) is 0 Å². The number of aromatic nitrogens is 2. The maximum Gasteiger partial charge on any atom is 0.229 e.